The number of nitrogens with zero attached hydrogens (tertiary/aromatic N) is 2. The molecule has 0 spiro atoms. The topological polar surface area (TPSA) is 67.0 Å². The van der Waals surface area contributed by atoms with Crippen LogP contribution in [0.1, 0.15) is 11.3 Å². The molecule has 122 valence electrons. The number of carbonyl (C=O) groups excluding carboxylic acids is 1. The van der Waals surface area contributed by atoms with Gasteiger partial charge in [0.05, 0.1) is 16.9 Å². The van der Waals surface area contributed by atoms with Crippen LogP contribution in [-0.2, 0) is 4.79 Å². The third-order valence-electron chi connectivity index (χ3n) is 3.75. The molecule has 2 heterocycles. The average molecular weight is 350 g/mol. The molecule has 25 heavy (non-hydrogen) atoms. The predicted octanol–water partition coefficient (Wildman–Crippen LogP) is 4.38. The summed E-state index contributed by atoms with van der Waals surface area (Å²) >= 11 is 6.16. The highest BCUT2D eigenvalue weighted by atomic mass is 35.5. The number of nitrogens with one attached hydrogen (secondary N) is 1. The minimum atomic E-state index is -0.269. The lowest BCUT2D eigenvalue weighted by Gasteiger charge is -1.98. The van der Waals surface area contributed by atoms with Crippen molar-refractivity contribution in [2.45, 2.75) is 0 Å². The van der Waals surface area contributed by atoms with E-state index in [1.165, 1.54) is 6.21 Å². The van der Waals surface area contributed by atoms with Crippen molar-refractivity contribution in [1.82, 2.24) is 0 Å². The van der Waals surface area contributed by atoms with E-state index in [9.17, 15) is 4.79 Å². The first kappa shape index (κ1) is 15.4. The van der Waals surface area contributed by atoms with Crippen LogP contribution in [0.15, 0.2) is 75.3 Å². The zero-order valence-corrected chi connectivity index (χ0v) is 13.7. The fraction of sp³-hybridized carbons (Fsp3) is 0. The average Bonchev–Trinajstić information content (AvgIpc) is 3.20. The second-order valence-electron chi connectivity index (χ2n) is 5.37. The maximum absolute atomic E-state index is 11.9. The van der Waals surface area contributed by atoms with Gasteiger partial charge in [-0.3, -0.25) is 4.79 Å². The summed E-state index contributed by atoms with van der Waals surface area (Å²) in [5.41, 5.74) is 2.56. The van der Waals surface area contributed by atoms with Gasteiger partial charge in [0, 0.05) is 11.1 Å². The van der Waals surface area contributed by atoms with Crippen molar-refractivity contribution in [3.63, 3.8) is 0 Å². The molecule has 0 unspecified atom stereocenters. The van der Waals surface area contributed by atoms with E-state index in [-0.39, 0.29) is 11.6 Å². The number of hydrogen-bond acceptors (Lipinski definition) is 4. The molecule has 0 atom stereocenters. The summed E-state index contributed by atoms with van der Waals surface area (Å²) in [4.78, 5) is 11.9. The normalized spacial score (nSPS) is 14.9. The quantitative estimate of drug-likeness (QED) is 0.563. The Morgan fingerprint density at radius 2 is 1.72 bits per heavy atom. The molecule has 5 nitrogen and oxygen atoms in total. The molecular weight excluding hydrogens is 338 g/mol. The lowest BCUT2D eigenvalue weighted by atomic mass is 10.1. The first-order chi connectivity index (χ1) is 12.2. The Labute approximate surface area is 148 Å². The first-order valence-electron chi connectivity index (χ1n) is 7.59. The number of amides is 1. The number of benzene rings is 2. The molecule has 1 amide bonds. The van der Waals surface area contributed by atoms with Crippen molar-refractivity contribution in [2.24, 2.45) is 10.2 Å². The van der Waals surface area contributed by atoms with Crippen molar-refractivity contribution in [2.75, 3.05) is 5.32 Å². The molecule has 6 heteroatoms. The van der Waals surface area contributed by atoms with E-state index in [2.05, 4.69) is 15.5 Å². The van der Waals surface area contributed by atoms with Crippen molar-refractivity contribution < 1.29 is 9.21 Å². The van der Waals surface area contributed by atoms with Crippen LogP contribution < -0.4 is 5.32 Å². The van der Waals surface area contributed by atoms with E-state index < -0.39 is 0 Å². The number of carbonyl (C=O) groups is 1. The Morgan fingerprint density at radius 3 is 2.56 bits per heavy atom. The number of furan rings is 1. The lowest BCUT2D eigenvalue weighted by molar-refractivity contribution is -0.110. The maximum Gasteiger partial charge on any atom is 0.276 e. The summed E-state index contributed by atoms with van der Waals surface area (Å²) < 4.78 is 5.71. The second kappa shape index (κ2) is 6.37. The third kappa shape index (κ3) is 2.97. The largest absolute Gasteiger partial charge is 0.455 e. The van der Waals surface area contributed by atoms with Crippen LogP contribution in [0.5, 0.6) is 0 Å². The summed E-state index contributed by atoms with van der Waals surface area (Å²) in [6, 6.07) is 18.4. The number of halogens is 1. The molecule has 0 aliphatic carbocycles. The molecule has 1 aliphatic rings. The van der Waals surface area contributed by atoms with E-state index in [1.54, 1.807) is 12.1 Å². The van der Waals surface area contributed by atoms with E-state index >= 15 is 0 Å². The van der Waals surface area contributed by atoms with Crippen LogP contribution in [0.25, 0.3) is 11.3 Å². The fourth-order valence-corrected chi connectivity index (χ4v) is 2.80. The predicted molar refractivity (Wildman–Crippen MR) is 98.4 cm³/mol. The van der Waals surface area contributed by atoms with Crippen LogP contribution in [0.3, 0.4) is 0 Å². The second-order valence-corrected chi connectivity index (χ2v) is 5.78. The standard InChI is InChI=1S/C19H12ClN3O2/c20-15-7-3-1-5-13(15)17-10-9-12(25-17)11-21-23-18-14-6-2-4-8-16(14)22-19(18)24/h1-11H,(H,22,23,24)/b21-11-. The molecule has 0 fully saturated rings. The van der Waals surface area contributed by atoms with Crippen LogP contribution in [0.4, 0.5) is 5.69 Å². The van der Waals surface area contributed by atoms with Crippen LogP contribution in [-0.4, -0.2) is 17.8 Å². The molecule has 1 aliphatic heterocycles. The van der Waals surface area contributed by atoms with Gasteiger partial charge >= 0.3 is 0 Å². The summed E-state index contributed by atoms with van der Waals surface area (Å²) in [5, 5.41) is 11.4. The molecule has 1 aromatic heterocycles. The highest BCUT2D eigenvalue weighted by Gasteiger charge is 2.25. The minimum Gasteiger partial charge on any atom is -0.455 e. The van der Waals surface area contributed by atoms with Crippen LogP contribution >= 0.6 is 11.6 Å². The summed E-state index contributed by atoms with van der Waals surface area (Å²) in [6.07, 6.45) is 1.46. The molecule has 0 bridgehead atoms. The molecule has 1 N–H and O–H groups in total. The third-order valence-corrected chi connectivity index (χ3v) is 4.08. The smallest absolute Gasteiger partial charge is 0.276 e. The molecule has 3 aromatic rings. The monoisotopic (exact) mass is 349 g/mol. The van der Waals surface area contributed by atoms with Gasteiger partial charge in [-0.1, -0.05) is 41.9 Å². The zero-order valence-electron chi connectivity index (χ0n) is 12.9. The van der Waals surface area contributed by atoms with E-state index in [1.807, 2.05) is 48.5 Å². The highest BCUT2D eigenvalue weighted by molar-refractivity contribution is 6.53. The minimum absolute atomic E-state index is 0.269. The van der Waals surface area contributed by atoms with Gasteiger partial charge in [0.25, 0.3) is 5.91 Å². The van der Waals surface area contributed by atoms with Gasteiger partial charge in [-0.2, -0.15) is 5.10 Å². The van der Waals surface area contributed by atoms with E-state index in [4.69, 9.17) is 16.0 Å². The summed E-state index contributed by atoms with van der Waals surface area (Å²) in [5.74, 6) is 0.893. The number of hydrogen-bond donors (Lipinski definition) is 1. The van der Waals surface area contributed by atoms with Gasteiger partial charge in [-0.15, -0.1) is 5.10 Å². The van der Waals surface area contributed by atoms with Gasteiger partial charge in [0.1, 0.15) is 11.5 Å². The van der Waals surface area contributed by atoms with Crippen molar-refractivity contribution >= 4 is 35.1 Å². The maximum atomic E-state index is 11.9. The summed E-state index contributed by atoms with van der Waals surface area (Å²) in [6.45, 7) is 0. The van der Waals surface area contributed by atoms with Gasteiger partial charge < -0.3 is 9.73 Å². The Hall–Kier alpha value is -3.18. The molecule has 0 saturated carbocycles. The van der Waals surface area contributed by atoms with Crippen molar-refractivity contribution in [3.8, 4) is 11.3 Å². The fourth-order valence-electron chi connectivity index (χ4n) is 2.57. The van der Waals surface area contributed by atoms with Crippen molar-refractivity contribution in [1.29, 1.82) is 0 Å². The van der Waals surface area contributed by atoms with E-state index in [0.29, 0.717) is 16.5 Å². The summed E-state index contributed by atoms with van der Waals surface area (Å²) in [7, 11) is 0. The Kier molecular flexibility index (Phi) is 3.91. The van der Waals surface area contributed by atoms with Gasteiger partial charge in [0.15, 0.2) is 5.71 Å². The van der Waals surface area contributed by atoms with Gasteiger partial charge in [0.2, 0.25) is 0 Å². The molecular formula is C19H12ClN3O2. The molecule has 4 rings (SSSR count). The lowest BCUT2D eigenvalue weighted by Crippen LogP contribution is -2.13. The highest BCUT2D eigenvalue weighted by Crippen LogP contribution is 2.28. The number of anilines is 1. The Bertz CT molecular complexity index is 1020. The zero-order chi connectivity index (χ0) is 17.2. The number of para-hydroxylation sites is 1. The Morgan fingerprint density at radius 1 is 0.960 bits per heavy atom. The van der Waals surface area contributed by atoms with Crippen LogP contribution in [0, 0.1) is 0 Å². The van der Waals surface area contributed by atoms with Crippen LogP contribution in [0.2, 0.25) is 5.02 Å². The SMILES string of the molecule is O=C1Nc2ccccc2/C1=N/N=C\c1ccc(-c2ccccc2Cl)o1. The van der Waals surface area contributed by atoms with Gasteiger partial charge in [-0.05, 0) is 30.3 Å². The van der Waals surface area contributed by atoms with Gasteiger partial charge in [-0.25, -0.2) is 0 Å². The van der Waals surface area contributed by atoms with E-state index in [0.717, 1.165) is 16.8 Å². The molecule has 0 radical (unpaired) electrons. The number of rotatable bonds is 3. The molecule has 2 aromatic carbocycles. The number of fused-ring (bicyclic) bond motifs is 1. The Balaban J connectivity index is 1.58. The first-order valence-corrected chi connectivity index (χ1v) is 7.97. The van der Waals surface area contributed by atoms with Crippen molar-refractivity contribution in [3.05, 3.63) is 77.0 Å². The molecule has 0 saturated heterocycles.